The first-order valence-electron chi connectivity index (χ1n) is 7.86. The second-order valence-corrected chi connectivity index (χ2v) is 6.02. The molecular formula is C17H16F3N3O2. The number of aromatic amines is 1. The zero-order chi connectivity index (χ0) is 18.0. The first-order chi connectivity index (χ1) is 11.9. The minimum atomic E-state index is -4.49. The minimum Gasteiger partial charge on any atom is -0.338 e. The zero-order valence-corrected chi connectivity index (χ0v) is 13.2. The second kappa shape index (κ2) is 6.70. The molecule has 0 aliphatic carbocycles. The van der Waals surface area contributed by atoms with E-state index in [9.17, 15) is 22.8 Å². The number of piperidine rings is 1. The van der Waals surface area contributed by atoms with Gasteiger partial charge in [-0.3, -0.25) is 14.7 Å². The summed E-state index contributed by atoms with van der Waals surface area (Å²) in [7, 11) is 0. The molecule has 2 heterocycles. The van der Waals surface area contributed by atoms with E-state index in [0.29, 0.717) is 24.9 Å². The third-order valence-electron chi connectivity index (χ3n) is 4.30. The smallest absolute Gasteiger partial charge is 0.338 e. The van der Waals surface area contributed by atoms with Crippen molar-refractivity contribution in [1.29, 1.82) is 0 Å². The predicted octanol–water partition coefficient (Wildman–Crippen LogP) is 3.16. The normalized spacial score (nSPS) is 18.2. The molecule has 0 radical (unpaired) electrons. The molecule has 1 aromatic carbocycles. The Morgan fingerprint density at radius 2 is 2.04 bits per heavy atom. The summed E-state index contributed by atoms with van der Waals surface area (Å²) in [6, 6.07) is 4.42. The predicted molar refractivity (Wildman–Crippen MR) is 83.0 cm³/mol. The average molecular weight is 351 g/mol. The minimum absolute atomic E-state index is 0.0254. The number of carbonyl (C=O) groups is 2. The van der Waals surface area contributed by atoms with Gasteiger partial charge in [0.25, 0.3) is 5.91 Å². The average Bonchev–Trinajstić information content (AvgIpc) is 3.14. The number of hydrogen-bond donors (Lipinski definition) is 1. The first kappa shape index (κ1) is 17.2. The highest BCUT2D eigenvalue weighted by Crippen LogP contribution is 2.30. The molecule has 1 fully saturated rings. The number of aromatic nitrogens is 2. The standard InChI is InChI=1S/C17H16F3N3O2/c18-17(19,20)14-5-1-3-11(7-14)15(24)12-4-2-6-23(10-12)16(25)13-8-21-22-9-13/h1,3,5,7-9,12H,2,4,6,10H2,(H,21,22)/t12-/m0/s1. The van der Waals surface area contributed by atoms with Gasteiger partial charge in [-0.05, 0) is 25.0 Å². The molecule has 25 heavy (non-hydrogen) atoms. The Labute approximate surface area is 141 Å². The fourth-order valence-electron chi connectivity index (χ4n) is 3.01. The topological polar surface area (TPSA) is 66.1 Å². The van der Waals surface area contributed by atoms with E-state index in [4.69, 9.17) is 0 Å². The zero-order valence-electron chi connectivity index (χ0n) is 13.2. The molecule has 0 saturated carbocycles. The Morgan fingerprint density at radius 1 is 1.24 bits per heavy atom. The Hall–Kier alpha value is -2.64. The molecule has 1 saturated heterocycles. The van der Waals surface area contributed by atoms with Crippen molar-refractivity contribution in [3.8, 4) is 0 Å². The van der Waals surface area contributed by atoms with Crippen molar-refractivity contribution in [1.82, 2.24) is 15.1 Å². The molecule has 5 nitrogen and oxygen atoms in total. The maximum Gasteiger partial charge on any atom is 0.416 e. The number of H-pyrrole nitrogens is 1. The van der Waals surface area contributed by atoms with E-state index in [1.165, 1.54) is 24.5 Å². The number of nitrogens with zero attached hydrogens (tertiary/aromatic N) is 2. The van der Waals surface area contributed by atoms with E-state index in [1.54, 1.807) is 4.90 Å². The summed E-state index contributed by atoms with van der Waals surface area (Å²) in [6.45, 7) is 0.704. The lowest BCUT2D eigenvalue weighted by atomic mass is 9.89. The summed E-state index contributed by atoms with van der Waals surface area (Å²) >= 11 is 0. The fraction of sp³-hybridized carbons (Fsp3) is 0.353. The number of alkyl halides is 3. The van der Waals surface area contributed by atoms with Crippen LogP contribution < -0.4 is 0 Å². The molecule has 1 aliphatic heterocycles. The van der Waals surface area contributed by atoms with Gasteiger partial charge in [0.15, 0.2) is 5.78 Å². The lowest BCUT2D eigenvalue weighted by Gasteiger charge is -2.31. The lowest BCUT2D eigenvalue weighted by molar-refractivity contribution is -0.137. The Morgan fingerprint density at radius 3 is 2.72 bits per heavy atom. The van der Waals surface area contributed by atoms with Gasteiger partial charge in [-0.1, -0.05) is 12.1 Å². The molecular weight excluding hydrogens is 335 g/mol. The van der Waals surface area contributed by atoms with Gasteiger partial charge < -0.3 is 4.90 Å². The van der Waals surface area contributed by atoms with Crippen molar-refractivity contribution in [3.05, 3.63) is 53.3 Å². The molecule has 132 valence electrons. The van der Waals surface area contributed by atoms with Gasteiger partial charge in [0.05, 0.1) is 17.3 Å². The van der Waals surface area contributed by atoms with Crippen LogP contribution in [0.15, 0.2) is 36.7 Å². The number of benzene rings is 1. The third kappa shape index (κ3) is 3.72. The first-order valence-corrected chi connectivity index (χ1v) is 7.86. The summed E-state index contributed by atoms with van der Waals surface area (Å²) in [5, 5.41) is 6.29. The molecule has 1 atom stereocenters. The number of amides is 1. The second-order valence-electron chi connectivity index (χ2n) is 6.02. The van der Waals surface area contributed by atoms with E-state index in [-0.39, 0.29) is 23.8 Å². The van der Waals surface area contributed by atoms with Crippen LogP contribution in [0.2, 0.25) is 0 Å². The summed E-state index contributed by atoms with van der Waals surface area (Å²) < 4.78 is 38.5. The number of Topliss-reactive ketones (excluding diaryl/α,β-unsaturated/α-hetero) is 1. The van der Waals surface area contributed by atoms with Crippen LogP contribution in [0.3, 0.4) is 0 Å². The maximum absolute atomic E-state index is 12.8. The molecule has 0 spiro atoms. The number of hydrogen-bond acceptors (Lipinski definition) is 3. The summed E-state index contributed by atoms with van der Waals surface area (Å²) in [6.07, 6.45) is -0.448. The van der Waals surface area contributed by atoms with Crippen molar-refractivity contribution >= 4 is 11.7 Å². The van der Waals surface area contributed by atoms with E-state index < -0.39 is 17.7 Å². The summed E-state index contributed by atoms with van der Waals surface area (Å²) in [5.74, 6) is -1.11. The summed E-state index contributed by atoms with van der Waals surface area (Å²) in [4.78, 5) is 26.5. The number of halogens is 3. The number of likely N-dealkylation sites (tertiary alicyclic amines) is 1. The van der Waals surface area contributed by atoms with E-state index in [2.05, 4.69) is 10.2 Å². The molecule has 0 unspecified atom stereocenters. The van der Waals surface area contributed by atoms with E-state index >= 15 is 0 Å². The number of rotatable bonds is 3. The summed E-state index contributed by atoms with van der Waals surface area (Å²) in [5.41, 5.74) is -0.426. The number of ketones is 1. The molecule has 3 rings (SSSR count). The number of carbonyl (C=O) groups excluding carboxylic acids is 2. The maximum atomic E-state index is 12.8. The molecule has 2 aromatic rings. The quantitative estimate of drug-likeness (QED) is 0.864. The van der Waals surface area contributed by atoms with Crippen LogP contribution in [0.5, 0.6) is 0 Å². The van der Waals surface area contributed by atoms with Crippen LogP contribution in [0.4, 0.5) is 13.2 Å². The molecule has 1 aliphatic rings. The van der Waals surface area contributed by atoms with Crippen LogP contribution in [0.25, 0.3) is 0 Å². The van der Waals surface area contributed by atoms with Crippen molar-refractivity contribution in [3.63, 3.8) is 0 Å². The van der Waals surface area contributed by atoms with Crippen molar-refractivity contribution in [2.75, 3.05) is 13.1 Å². The third-order valence-corrected chi connectivity index (χ3v) is 4.30. The highest BCUT2D eigenvalue weighted by Gasteiger charge is 2.33. The number of nitrogens with one attached hydrogen (secondary N) is 1. The van der Waals surface area contributed by atoms with Gasteiger partial charge in [0.2, 0.25) is 0 Å². The van der Waals surface area contributed by atoms with Crippen molar-refractivity contribution in [2.24, 2.45) is 5.92 Å². The highest BCUT2D eigenvalue weighted by atomic mass is 19.4. The Kier molecular flexibility index (Phi) is 4.61. The molecule has 1 aromatic heterocycles. The Balaban J connectivity index is 1.75. The molecule has 0 bridgehead atoms. The Bertz CT molecular complexity index is 772. The van der Waals surface area contributed by atoms with Gasteiger partial charge in [0, 0.05) is 30.8 Å². The van der Waals surface area contributed by atoms with Crippen LogP contribution in [0.1, 0.15) is 39.1 Å². The van der Waals surface area contributed by atoms with Gasteiger partial charge >= 0.3 is 6.18 Å². The molecule has 1 N–H and O–H groups in total. The van der Waals surface area contributed by atoms with Crippen LogP contribution in [0, 0.1) is 5.92 Å². The van der Waals surface area contributed by atoms with Crippen LogP contribution in [-0.4, -0.2) is 39.9 Å². The van der Waals surface area contributed by atoms with Crippen LogP contribution in [-0.2, 0) is 6.18 Å². The molecule has 1 amide bonds. The van der Waals surface area contributed by atoms with E-state index in [1.807, 2.05) is 0 Å². The van der Waals surface area contributed by atoms with Gasteiger partial charge in [-0.25, -0.2) is 0 Å². The van der Waals surface area contributed by atoms with Gasteiger partial charge in [-0.15, -0.1) is 0 Å². The SMILES string of the molecule is O=C(c1cccc(C(F)(F)F)c1)[C@H]1CCCN(C(=O)c2cn[nH]c2)C1. The van der Waals surface area contributed by atoms with E-state index in [0.717, 1.165) is 12.1 Å². The largest absolute Gasteiger partial charge is 0.416 e. The monoisotopic (exact) mass is 351 g/mol. The van der Waals surface area contributed by atoms with Gasteiger partial charge in [-0.2, -0.15) is 18.3 Å². The van der Waals surface area contributed by atoms with Crippen LogP contribution >= 0.6 is 0 Å². The van der Waals surface area contributed by atoms with Gasteiger partial charge in [0.1, 0.15) is 0 Å². The van der Waals surface area contributed by atoms with Crippen molar-refractivity contribution < 1.29 is 22.8 Å². The highest BCUT2D eigenvalue weighted by molar-refractivity contribution is 5.99. The lowest BCUT2D eigenvalue weighted by Crippen LogP contribution is -2.42. The molecule has 8 heteroatoms. The fourth-order valence-corrected chi connectivity index (χ4v) is 3.01. The van der Waals surface area contributed by atoms with Crippen molar-refractivity contribution in [2.45, 2.75) is 19.0 Å².